The van der Waals surface area contributed by atoms with Gasteiger partial charge in [0.25, 0.3) is 0 Å². The second kappa shape index (κ2) is 12.0. The second-order valence-corrected chi connectivity index (χ2v) is 14.5. The zero-order valence-electron chi connectivity index (χ0n) is 24.1. The molecule has 1 saturated heterocycles. The Morgan fingerprint density at radius 3 is 2.67 bits per heavy atom. The first-order valence-corrected chi connectivity index (χ1v) is 17.0. The molecule has 0 amide bonds. The normalized spacial score (nSPS) is 15.4. The lowest BCUT2D eigenvalue weighted by Gasteiger charge is -2.27. The highest BCUT2D eigenvalue weighted by Gasteiger charge is 2.25. The molecule has 1 aliphatic heterocycles. The van der Waals surface area contributed by atoms with Gasteiger partial charge in [0, 0.05) is 44.3 Å². The van der Waals surface area contributed by atoms with Gasteiger partial charge in [-0.15, -0.1) is 0 Å². The molecule has 5 aromatic rings. The minimum absolute atomic E-state index is 0.143. The Morgan fingerprint density at radius 2 is 1.95 bits per heavy atom. The van der Waals surface area contributed by atoms with Crippen molar-refractivity contribution in [2.24, 2.45) is 7.05 Å². The van der Waals surface area contributed by atoms with Crippen LogP contribution in [0.25, 0.3) is 22.3 Å². The zero-order valence-corrected chi connectivity index (χ0v) is 26.6. The zero-order chi connectivity index (χ0) is 30.1. The number of morpholine rings is 1. The van der Waals surface area contributed by atoms with Crippen molar-refractivity contribution in [1.29, 1.82) is 0 Å². The van der Waals surface area contributed by atoms with Gasteiger partial charge in [-0.05, 0) is 59.1 Å². The summed E-state index contributed by atoms with van der Waals surface area (Å²) in [5.41, 5.74) is 5.45. The van der Waals surface area contributed by atoms with Crippen LogP contribution in [-0.4, -0.2) is 69.6 Å². The number of aryl methyl sites for hydroxylation is 1. The fourth-order valence-electron chi connectivity index (χ4n) is 5.16. The highest BCUT2D eigenvalue weighted by molar-refractivity contribution is 9.10. The van der Waals surface area contributed by atoms with Gasteiger partial charge >= 0.3 is 0 Å². The molecule has 3 aromatic heterocycles. The molecule has 222 valence electrons. The number of anilines is 4. The van der Waals surface area contributed by atoms with Crippen LogP contribution in [-0.2, 0) is 16.3 Å². The number of benzene rings is 2. The summed E-state index contributed by atoms with van der Waals surface area (Å²) in [6.45, 7) is 5.56. The molecule has 1 fully saturated rings. The highest BCUT2D eigenvalue weighted by Crippen LogP contribution is 2.42. The van der Waals surface area contributed by atoms with Crippen LogP contribution >= 0.6 is 23.1 Å². The third-order valence-electron chi connectivity index (χ3n) is 7.13. The third-order valence-corrected chi connectivity index (χ3v) is 9.24. The summed E-state index contributed by atoms with van der Waals surface area (Å²) in [6.07, 6.45) is 8.33. The standard InChI is InChI=1S/C29H31BrN9O3P/c1-39-16-32-14-23(39)17-11-22(24(41-2)12-18(17)25-15-31-9-10-42-25)37-29-35-13-19(30)28(38-29)36-21-6-5-20-26(34-8-7-33-20)27(21)43(3,4)40/h5-8,11-14,16,25,31H,9-10,15H2,1-4H3,(H2,35,36,37,38). The SMILES string of the molecule is COc1cc(C2CNCCO2)c(-c2cncn2C)cc1Nc1ncc(Br)c(Nc2ccc3nccnc3c2P(C)(C)=O)n1. The first-order chi connectivity index (χ1) is 20.7. The van der Waals surface area contributed by atoms with Crippen LogP contribution in [0.2, 0.25) is 0 Å². The first kappa shape index (κ1) is 29.2. The summed E-state index contributed by atoms with van der Waals surface area (Å²) < 4.78 is 27.9. The minimum Gasteiger partial charge on any atom is -0.495 e. The smallest absolute Gasteiger partial charge is 0.229 e. The maximum Gasteiger partial charge on any atom is 0.229 e. The number of ether oxygens (including phenoxy) is 2. The van der Waals surface area contributed by atoms with Crippen molar-refractivity contribution in [1.82, 2.24) is 34.8 Å². The molecule has 6 rings (SSSR count). The molecule has 14 heteroatoms. The number of hydrogen-bond acceptors (Lipinski definition) is 11. The fraction of sp³-hybridized carbons (Fsp3) is 0.276. The van der Waals surface area contributed by atoms with Crippen molar-refractivity contribution in [3.8, 4) is 17.0 Å². The molecule has 3 N–H and O–H groups in total. The average molecular weight is 665 g/mol. The molecule has 0 spiro atoms. The van der Waals surface area contributed by atoms with E-state index in [1.807, 2.05) is 42.1 Å². The lowest BCUT2D eigenvalue weighted by molar-refractivity contribution is 0.0279. The van der Waals surface area contributed by atoms with Gasteiger partial charge in [-0.3, -0.25) is 9.97 Å². The van der Waals surface area contributed by atoms with E-state index in [0.29, 0.717) is 62.9 Å². The lowest BCUT2D eigenvalue weighted by Crippen LogP contribution is -2.33. The van der Waals surface area contributed by atoms with Crippen LogP contribution in [0.1, 0.15) is 11.7 Å². The Labute approximate surface area is 257 Å². The van der Waals surface area contributed by atoms with Gasteiger partial charge in [-0.25, -0.2) is 9.97 Å². The quantitative estimate of drug-likeness (QED) is 0.193. The van der Waals surface area contributed by atoms with Crippen LogP contribution in [0.5, 0.6) is 5.75 Å². The molecule has 0 saturated carbocycles. The summed E-state index contributed by atoms with van der Waals surface area (Å²) in [5, 5.41) is 10.7. The summed E-state index contributed by atoms with van der Waals surface area (Å²) in [4.78, 5) is 22.4. The first-order valence-electron chi connectivity index (χ1n) is 13.6. The van der Waals surface area contributed by atoms with Crippen LogP contribution in [0.15, 0.2) is 59.9 Å². The number of rotatable bonds is 8. The third kappa shape index (κ3) is 5.98. The van der Waals surface area contributed by atoms with Crippen LogP contribution in [0.3, 0.4) is 0 Å². The Balaban J connectivity index is 1.39. The Morgan fingerprint density at radius 1 is 1.12 bits per heavy atom. The molecule has 2 aromatic carbocycles. The summed E-state index contributed by atoms with van der Waals surface area (Å²) >= 11 is 3.56. The van der Waals surface area contributed by atoms with Crippen molar-refractivity contribution in [2.75, 3.05) is 50.8 Å². The van der Waals surface area contributed by atoms with Gasteiger partial charge in [0.05, 0.1) is 64.7 Å². The van der Waals surface area contributed by atoms with Crippen molar-refractivity contribution >= 4 is 62.6 Å². The van der Waals surface area contributed by atoms with E-state index in [9.17, 15) is 4.57 Å². The summed E-state index contributed by atoms with van der Waals surface area (Å²) in [5.74, 6) is 1.44. The lowest BCUT2D eigenvalue weighted by atomic mass is 9.97. The number of hydrogen-bond donors (Lipinski definition) is 3. The van der Waals surface area contributed by atoms with Gasteiger partial charge < -0.3 is 34.6 Å². The second-order valence-electron chi connectivity index (χ2n) is 10.5. The summed E-state index contributed by atoms with van der Waals surface area (Å²) in [6, 6.07) is 7.68. The van der Waals surface area contributed by atoms with Gasteiger partial charge in [0.15, 0.2) is 0 Å². The van der Waals surface area contributed by atoms with Crippen molar-refractivity contribution in [2.45, 2.75) is 6.10 Å². The average Bonchev–Trinajstić information content (AvgIpc) is 3.43. The van der Waals surface area contributed by atoms with E-state index in [1.54, 1.807) is 45.4 Å². The van der Waals surface area contributed by atoms with Crippen LogP contribution < -0.4 is 26.0 Å². The van der Waals surface area contributed by atoms with E-state index in [4.69, 9.17) is 14.5 Å². The van der Waals surface area contributed by atoms with Crippen molar-refractivity contribution in [3.05, 3.63) is 65.4 Å². The van der Waals surface area contributed by atoms with E-state index in [0.717, 1.165) is 23.4 Å². The monoisotopic (exact) mass is 663 g/mol. The van der Waals surface area contributed by atoms with E-state index in [1.165, 1.54) is 0 Å². The number of fused-ring (bicyclic) bond motifs is 1. The van der Waals surface area contributed by atoms with Gasteiger partial charge in [-0.2, -0.15) is 4.98 Å². The number of imidazole rings is 1. The molecule has 43 heavy (non-hydrogen) atoms. The molecule has 4 heterocycles. The van der Waals surface area contributed by atoms with Crippen LogP contribution in [0.4, 0.5) is 23.1 Å². The van der Waals surface area contributed by atoms with Gasteiger partial charge in [-0.1, -0.05) is 0 Å². The predicted octanol–water partition coefficient (Wildman–Crippen LogP) is 4.99. The topological polar surface area (TPSA) is 141 Å². The molecular formula is C29H31BrN9O3P. The molecule has 1 unspecified atom stereocenters. The maximum atomic E-state index is 13.4. The Bertz CT molecular complexity index is 1850. The molecule has 0 aliphatic carbocycles. The molecule has 0 bridgehead atoms. The minimum atomic E-state index is -2.76. The molecule has 12 nitrogen and oxygen atoms in total. The molecule has 0 radical (unpaired) electrons. The largest absolute Gasteiger partial charge is 0.495 e. The molecular weight excluding hydrogens is 633 g/mol. The number of methoxy groups -OCH3 is 1. The van der Waals surface area contributed by atoms with Gasteiger partial charge in [0.2, 0.25) is 5.95 Å². The number of aromatic nitrogens is 6. The highest BCUT2D eigenvalue weighted by atomic mass is 79.9. The summed E-state index contributed by atoms with van der Waals surface area (Å²) in [7, 11) is 0.823. The van der Waals surface area contributed by atoms with E-state index < -0.39 is 7.14 Å². The number of nitrogens with zero attached hydrogens (tertiary/aromatic N) is 6. The van der Waals surface area contributed by atoms with E-state index >= 15 is 0 Å². The molecule has 1 atom stereocenters. The predicted molar refractivity (Wildman–Crippen MR) is 172 cm³/mol. The van der Waals surface area contributed by atoms with Crippen molar-refractivity contribution in [3.63, 3.8) is 0 Å². The maximum absolute atomic E-state index is 13.4. The van der Waals surface area contributed by atoms with Crippen LogP contribution in [0, 0.1) is 0 Å². The van der Waals surface area contributed by atoms with E-state index in [2.05, 4.69) is 51.8 Å². The number of halogens is 1. The van der Waals surface area contributed by atoms with Gasteiger partial charge in [0.1, 0.15) is 24.2 Å². The molecule has 1 aliphatic rings. The Hall–Kier alpha value is -3.90. The Kier molecular flexibility index (Phi) is 8.15. The van der Waals surface area contributed by atoms with E-state index in [-0.39, 0.29) is 6.10 Å². The van der Waals surface area contributed by atoms with Crippen molar-refractivity contribution < 1.29 is 14.0 Å². The fourth-order valence-corrected chi connectivity index (χ4v) is 6.85. The number of nitrogens with one attached hydrogen (secondary N) is 3.